The van der Waals surface area contributed by atoms with E-state index in [1.807, 2.05) is 5.32 Å². The van der Waals surface area contributed by atoms with Gasteiger partial charge in [-0.15, -0.1) is 0 Å². The van der Waals surface area contributed by atoms with E-state index < -0.39 is 39.9 Å². The summed E-state index contributed by atoms with van der Waals surface area (Å²) in [5, 5.41) is 1.75. The predicted octanol–water partition coefficient (Wildman–Crippen LogP) is 5.72. The van der Waals surface area contributed by atoms with Gasteiger partial charge in [0.2, 0.25) is 15.9 Å². The molecule has 29 heavy (non-hydrogen) atoms. The number of nitrogens with zero attached hydrogens (tertiary/aromatic N) is 1. The van der Waals surface area contributed by atoms with Crippen LogP contribution in [0, 0.1) is 0 Å². The van der Waals surface area contributed by atoms with Crippen molar-refractivity contribution in [3.05, 3.63) is 56.0 Å². The van der Waals surface area contributed by atoms with E-state index in [-0.39, 0.29) is 25.8 Å². The second-order valence-electron chi connectivity index (χ2n) is 5.72. The molecule has 158 valence electrons. The van der Waals surface area contributed by atoms with Crippen molar-refractivity contribution in [1.82, 2.24) is 0 Å². The van der Waals surface area contributed by atoms with E-state index in [9.17, 15) is 26.4 Å². The Labute approximate surface area is 184 Å². The van der Waals surface area contributed by atoms with Gasteiger partial charge in [0, 0.05) is 5.02 Å². The van der Waals surface area contributed by atoms with Crippen LogP contribution in [0.3, 0.4) is 0 Å². The van der Waals surface area contributed by atoms with Crippen LogP contribution in [-0.4, -0.2) is 27.1 Å². The molecule has 2 aromatic rings. The SMILES string of the molecule is CS(=O)(=O)N(CC(=O)Nc1ccc(Cl)cc1C(F)(F)F)c1cc(Cl)c(Cl)cc1Cl. The largest absolute Gasteiger partial charge is 0.418 e. The van der Waals surface area contributed by atoms with Gasteiger partial charge in [0.05, 0.1) is 38.3 Å². The summed E-state index contributed by atoms with van der Waals surface area (Å²) in [5.41, 5.74) is -1.93. The van der Waals surface area contributed by atoms with Gasteiger partial charge >= 0.3 is 6.18 Å². The molecule has 0 heterocycles. The fraction of sp³-hybridized carbons (Fsp3) is 0.188. The van der Waals surface area contributed by atoms with Crippen molar-refractivity contribution in [3.63, 3.8) is 0 Å². The van der Waals surface area contributed by atoms with Gasteiger partial charge in [-0.25, -0.2) is 8.42 Å². The fourth-order valence-corrected chi connectivity index (χ4v) is 3.99. The number of amides is 1. The van der Waals surface area contributed by atoms with Crippen molar-refractivity contribution < 1.29 is 26.4 Å². The molecule has 0 bridgehead atoms. The lowest BCUT2D eigenvalue weighted by atomic mass is 10.1. The van der Waals surface area contributed by atoms with E-state index in [4.69, 9.17) is 46.4 Å². The number of carbonyl (C=O) groups is 1. The van der Waals surface area contributed by atoms with E-state index in [0.717, 1.165) is 24.5 Å². The summed E-state index contributed by atoms with van der Waals surface area (Å²) >= 11 is 23.3. The summed E-state index contributed by atoms with van der Waals surface area (Å²) in [6, 6.07) is 5.06. The van der Waals surface area contributed by atoms with Crippen LogP contribution in [0.2, 0.25) is 20.1 Å². The first kappa shape index (κ1) is 23.9. The van der Waals surface area contributed by atoms with Crippen molar-refractivity contribution >= 4 is 73.7 Å². The van der Waals surface area contributed by atoms with Crippen molar-refractivity contribution in [1.29, 1.82) is 0 Å². The number of benzene rings is 2. The molecule has 0 atom stereocenters. The molecule has 1 amide bonds. The number of rotatable bonds is 5. The first-order chi connectivity index (χ1) is 13.2. The highest BCUT2D eigenvalue weighted by atomic mass is 35.5. The Bertz CT molecular complexity index is 1060. The van der Waals surface area contributed by atoms with Crippen LogP contribution >= 0.6 is 46.4 Å². The second kappa shape index (κ2) is 8.77. The molecule has 0 saturated heterocycles. The number of carbonyl (C=O) groups excluding carboxylic acids is 1. The first-order valence-corrected chi connectivity index (χ1v) is 10.8. The van der Waals surface area contributed by atoms with Gasteiger partial charge in [-0.1, -0.05) is 46.4 Å². The molecule has 0 aliphatic rings. The fourth-order valence-electron chi connectivity index (χ4n) is 2.26. The Balaban J connectivity index is 2.38. The monoisotopic (exact) mass is 508 g/mol. The Morgan fingerprint density at radius 2 is 1.62 bits per heavy atom. The topological polar surface area (TPSA) is 66.5 Å². The number of halogens is 7. The normalized spacial score (nSPS) is 12.0. The molecule has 0 saturated carbocycles. The van der Waals surface area contributed by atoms with Crippen LogP contribution in [0.4, 0.5) is 24.5 Å². The number of sulfonamides is 1. The third-order valence-corrected chi connectivity index (χ3v) is 5.89. The van der Waals surface area contributed by atoms with E-state index >= 15 is 0 Å². The Kier molecular flexibility index (Phi) is 7.22. The molecule has 0 aliphatic carbocycles. The standard InChI is InChI=1S/C16H11Cl4F3N2O3S/c1-29(27,28)25(14-6-11(19)10(18)5-12(14)20)7-15(26)24-13-3-2-8(17)4-9(13)16(21,22)23/h2-6H,7H2,1H3,(H,24,26). The minimum absolute atomic E-state index is 0.0304. The molecule has 2 rings (SSSR count). The molecular weight excluding hydrogens is 499 g/mol. The predicted molar refractivity (Wildman–Crippen MR) is 109 cm³/mol. The van der Waals surface area contributed by atoms with Crippen LogP contribution in [0.15, 0.2) is 30.3 Å². The number of nitrogens with one attached hydrogen (secondary N) is 1. The van der Waals surface area contributed by atoms with Crippen LogP contribution in [0.25, 0.3) is 0 Å². The van der Waals surface area contributed by atoms with Crippen molar-refractivity contribution in [3.8, 4) is 0 Å². The van der Waals surface area contributed by atoms with Crippen LogP contribution in [0.5, 0.6) is 0 Å². The molecule has 5 nitrogen and oxygen atoms in total. The Morgan fingerprint density at radius 3 is 2.17 bits per heavy atom. The molecular formula is C16H11Cl4F3N2O3S. The summed E-state index contributed by atoms with van der Waals surface area (Å²) in [5.74, 6) is -1.05. The minimum atomic E-state index is -4.79. The molecule has 1 N–H and O–H groups in total. The number of hydrogen-bond donors (Lipinski definition) is 1. The number of alkyl halides is 3. The zero-order chi connectivity index (χ0) is 22.1. The number of hydrogen-bond acceptors (Lipinski definition) is 3. The summed E-state index contributed by atoms with van der Waals surface area (Å²) in [4.78, 5) is 12.4. The zero-order valence-electron chi connectivity index (χ0n) is 14.3. The minimum Gasteiger partial charge on any atom is -0.324 e. The average Bonchev–Trinajstić information content (AvgIpc) is 2.56. The lowest BCUT2D eigenvalue weighted by Crippen LogP contribution is -2.38. The van der Waals surface area contributed by atoms with Crippen LogP contribution in [-0.2, 0) is 21.0 Å². The van der Waals surface area contributed by atoms with Crippen molar-refractivity contribution in [2.75, 3.05) is 22.4 Å². The second-order valence-corrected chi connectivity index (χ2v) is 9.29. The van der Waals surface area contributed by atoms with Gasteiger partial charge in [-0.3, -0.25) is 9.10 Å². The quantitative estimate of drug-likeness (QED) is 0.524. The highest BCUT2D eigenvalue weighted by Crippen LogP contribution is 2.37. The van der Waals surface area contributed by atoms with Crippen LogP contribution in [0.1, 0.15) is 5.56 Å². The molecule has 0 spiro atoms. The molecule has 2 aromatic carbocycles. The summed E-state index contributed by atoms with van der Waals surface area (Å²) in [6.07, 6.45) is -4.00. The lowest BCUT2D eigenvalue weighted by Gasteiger charge is -2.24. The zero-order valence-corrected chi connectivity index (χ0v) is 18.2. The van der Waals surface area contributed by atoms with E-state index in [1.165, 1.54) is 6.07 Å². The summed E-state index contributed by atoms with van der Waals surface area (Å²) in [7, 11) is -4.06. The number of anilines is 2. The average molecular weight is 510 g/mol. The lowest BCUT2D eigenvalue weighted by molar-refractivity contribution is -0.137. The maximum atomic E-state index is 13.2. The van der Waals surface area contributed by atoms with Gasteiger partial charge in [-0.2, -0.15) is 13.2 Å². The smallest absolute Gasteiger partial charge is 0.324 e. The Hall–Kier alpha value is -1.39. The molecule has 0 fully saturated rings. The Morgan fingerprint density at radius 1 is 1.03 bits per heavy atom. The van der Waals surface area contributed by atoms with Gasteiger partial charge in [0.15, 0.2) is 0 Å². The molecule has 0 aliphatic heterocycles. The van der Waals surface area contributed by atoms with Gasteiger partial charge in [0.25, 0.3) is 0 Å². The van der Waals surface area contributed by atoms with Gasteiger partial charge in [-0.05, 0) is 30.3 Å². The molecule has 0 radical (unpaired) electrons. The van der Waals surface area contributed by atoms with E-state index in [2.05, 4.69) is 0 Å². The van der Waals surface area contributed by atoms with Crippen LogP contribution < -0.4 is 9.62 Å². The maximum Gasteiger partial charge on any atom is 0.418 e. The van der Waals surface area contributed by atoms with Gasteiger partial charge in [0.1, 0.15) is 6.54 Å². The van der Waals surface area contributed by atoms with Crippen molar-refractivity contribution in [2.45, 2.75) is 6.18 Å². The summed E-state index contributed by atoms with van der Waals surface area (Å²) in [6.45, 7) is -0.865. The van der Waals surface area contributed by atoms with E-state index in [1.54, 1.807) is 0 Å². The maximum absolute atomic E-state index is 13.2. The third kappa shape index (κ3) is 6.05. The highest BCUT2D eigenvalue weighted by Gasteiger charge is 2.34. The highest BCUT2D eigenvalue weighted by molar-refractivity contribution is 7.92. The molecule has 13 heteroatoms. The van der Waals surface area contributed by atoms with Gasteiger partial charge < -0.3 is 5.32 Å². The van der Waals surface area contributed by atoms with E-state index in [0.29, 0.717) is 10.4 Å². The van der Waals surface area contributed by atoms with Crippen molar-refractivity contribution in [2.24, 2.45) is 0 Å². The third-order valence-electron chi connectivity index (χ3n) is 3.51. The molecule has 0 aromatic heterocycles. The molecule has 0 unspecified atom stereocenters. The summed E-state index contributed by atoms with van der Waals surface area (Å²) < 4.78 is 64.4. The first-order valence-electron chi connectivity index (χ1n) is 7.49.